The van der Waals surface area contributed by atoms with Gasteiger partial charge in [-0.2, -0.15) is 0 Å². The highest BCUT2D eigenvalue weighted by atomic mass is 32.2. The van der Waals surface area contributed by atoms with Gasteiger partial charge in [0.05, 0.1) is 6.26 Å². The van der Waals surface area contributed by atoms with Crippen molar-refractivity contribution in [1.29, 1.82) is 0 Å². The van der Waals surface area contributed by atoms with Crippen molar-refractivity contribution in [1.82, 2.24) is 14.1 Å². The summed E-state index contributed by atoms with van der Waals surface area (Å²) in [5.74, 6) is 1.28. The van der Waals surface area contributed by atoms with Gasteiger partial charge in [-0.1, -0.05) is 6.07 Å². The number of hydrogen-bond donors (Lipinski definition) is 0. The van der Waals surface area contributed by atoms with Crippen LogP contribution < -0.4 is 9.47 Å². The van der Waals surface area contributed by atoms with Crippen molar-refractivity contribution in [3.05, 3.63) is 23.8 Å². The average Bonchev–Trinajstić information content (AvgIpc) is 2.87. The fourth-order valence-electron chi connectivity index (χ4n) is 3.36. The van der Waals surface area contributed by atoms with Crippen molar-refractivity contribution in [2.75, 3.05) is 53.3 Å². The Morgan fingerprint density at radius 3 is 2.54 bits per heavy atom. The first-order chi connectivity index (χ1) is 12.3. The van der Waals surface area contributed by atoms with E-state index < -0.39 is 16.1 Å². The quantitative estimate of drug-likeness (QED) is 0.754. The average molecular weight is 383 g/mol. The van der Waals surface area contributed by atoms with Gasteiger partial charge in [-0.05, 0) is 38.2 Å². The van der Waals surface area contributed by atoms with Crippen LogP contribution in [-0.2, 0) is 14.8 Å². The van der Waals surface area contributed by atoms with Crippen LogP contribution in [0.3, 0.4) is 0 Å². The molecule has 1 unspecified atom stereocenters. The molecule has 0 radical (unpaired) electrons. The van der Waals surface area contributed by atoms with Crippen molar-refractivity contribution < 1.29 is 22.7 Å². The Balaban J connectivity index is 1.79. The van der Waals surface area contributed by atoms with Crippen molar-refractivity contribution in [3.63, 3.8) is 0 Å². The number of likely N-dealkylation sites (N-methyl/N-ethyl adjacent to an activating group) is 1. The summed E-state index contributed by atoms with van der Waals surface area (Å²) in [6, 6.07) is 5.06. The summed E-state index contributed by atoms with van der Waals surface area (Å²) in [4.78, 5) is 16.8. The summed E-state index contributed by atoms with van der Waals surface area (Å²) >= 11 is 0. The first kappa shape index (κ1) is 18.9. The lowest BCUT2D eigenvalue weighted by Gasteiger charge is -2.30. The normalized spacial score (nSPS) is 19.5. The molecule has 0 saturated carbocycles. The maximum atomic E-state index is 13.2. The van der Waals surface area contributed by atoms with Crippen LogP contribution in [-0.4, -0.2) is 81.8 Å². The maximum absolute atomic E-state index is 13.2. The maximum Gasteiger partial charge on any atom is 0.244 e. The highest BCUT2D eigenvalue weighted by Gasteiger charge is 2.31. The van der Waals surface area contributed by atoms with E-state index in [1.165, 1.54) is 10.6 Å². The highest BCUT2D eigenvalue weighted by molar-refractivity contribution is 7.88. The number of carbonyl (C=O) groups is 1. The zero-order valence-electron chi connectivity index (χ0n) is 15.3. The summed E-state index contributed by atoms with van der Waals surface area (Å²) in [5.41, 5.74) is 0.827. The fraction of sp³-hybridized carbons (Fsp3) is 0.588. The molecule has 1 amide bonds. The number of amides is 1. The molecule has 9 heteroatoms. The third-order valence-corrected chi connectivity index (χ3v) is 6.00. The Morgan fingerprint density at radius 2 is 1.85 bits per heavy atom. The van der Waals surface area contributed by atoms with E-state index in [2.05, 4.69) is 0 Å². The number of ether oxygens (including phenoxy) is 2. The second-order valence-electron chi connectivity index (χ2n) is 6.82. The molecule has 1 aromatic carbocycles. The first-order valence-corrected chi connectivity index (χ1v) is 10.4. The second-order valence-corrected chi connectivity index (χ2v) is 8.80. The molecule has 3 rings (SSSR count). The molecule has 0 spiro atoms. The van der Waals surface area contributed by atoms with Crippen molar-refractivity contribution in [2.45, 2.75) is 12.5 Å². The largest absolute Gasteiger partial charge is 0.454 e. The summed E-state index contributed by atoms with van der Waals surface area (Å²) in [6.45, 7) is 1.89. The minimum Gasteiger partial charge on any atom is -0.454 e. The number of sulfonamides is 1. The van der Waals surface area contributed by atoms with Gasteiger partial charge in [0.1, 0.15) is 6.04 Å². The lowest BCUT2D eigenvalue weighted by molar-refractivity contribution is -0.136. The molecule has 0 aliphatic carbocycles. The molecule has 144 valence electrons. The molecule has 1 atom stereocenters. The predicted molar refractivity (Wildman–Crippen MR) is 96.6 cm³/mol. The molecular formula is C17H25N3O5S. The Bertz CT molecular complexity index is 781. The summed E-state index contributed by atoms with van der Waals surface area (Å²) in [5, 5.41) is 0. The first-order valence-electron chi connectivity index (χ1n) is 8.57. The van der Waals surface area contributed by atoms with Gasteiger partial charge in [-0.25, -0.2) is 12.7 Å². The summed E-state index contributed by atoms with van der Waals surface area (Å²) in [6.07, 6.45) is 1.83. The molecule has 1 aromatic rings. The zero-order chi connectivity index (χ0) is 18.9. The van der Waals surface area contributed by atoms with E-state index in [4.69, 9.17) is 9.47 Å². The number of rotatable bonds is 4. The smallest absolute Gasteiger partial charge is 0.244 e. The standard InChI is InChI=1S/C17H25N3O5S/c1-18(2)16(13-5-6-14-15(11-13)25-12-24-14)17(21)19-7-4-8-20(10-9-19)26(3,22)23/h5-6,11,16H,4,7-10,12H2,1-3H3. The van der Waals surface area contributed by atoms with Gasteiger partial charge in [0.2, 0.25) is 22.7 Å². The Hall–Kier alpha value is -1.84. The SMILES string of the molecule is CN(C)C(C(=O)N1CCCN(S(C)(=O)=O)CC1)c1ccc2c(c1)OCO2. The fourth-order valence-corrected chi connectivity index (χ4v) is 4.24. The molecule has 2 heterocycles. The molecule has 26 heavy (non-hydrogen) atoms. The topological polar surface area (TPSA) is 79.4 Å². The van der Waals surface area contributed by atoms with Crippen molar-refractivity contribution in [2.24, 2.45) is 0 Å². The van der Waals surface area contributed by atoms with E-state index in [0.717, 1.165) is 5.56 Å². The molecule has 8 nitrogen and oxygen atoms in total. The number of nitrogens with zero attached hydrogens (tertiary/aromatic N) is 3. The van der Waals surface area contributed by atoms with E-state index in [1.807, 2.05) is 37.2 Å². The monoisotopic (exact) mass is 383 g/mol. The van der Waals surface area contributed by atoms with Crippen LogP contribution in [0.2, 0.25) is 0 Å². The molecule has 0 bridgehead atoms. The van der Waals surface area contributed by atoms with E-state index in [-0.39, 0.29) is 12.7 Å². The van der Waals surface area contributed by atoms with Crippen LogP contribution in [0.1, 0.15) is 18.0 Å². The molecule has 1 fully saturated rings. The van der Waals surface area contributed by atoms with Crippen LogP contribution in [0.15, 0.2) is 18.2 Å². The van der Waals surface area contributed by atoms with Crippen molar-refractivity contribution in [3.8, 4) is 11.5 Å². The zero-order valence-corrected chi connectivity index (χ0v) is 16.2. The molecule has 1 saturated heterocycles. The van der Waals surface area contributed by atoms with Gasteiger partial charge >= 0.3 is 0 Å². The minimum absolute atomic E-state index is 0.0378. The van der Waals surface area contributed by atoms with Crippen LogP contribution in [0.4, 0.5) is 0 Å². The number of benzene rings is 1. The molecule has 0 N–H and O–H groups in total. The third kappa shape index (κ3) is 3.94. The third-order valence-electron chi connectivity index (χ3n) is 4.70. The molecule has 2 aliphatic heterocycles. The Kier molecular flexibility index (Phi) is 5.40. The van der Waals surface area contributed by atoms with Crippen LogP contribution in [0, 0.1) is 0 Å². The molecular weight excluding hydrogens is 358 g/mol. The van der Waals surface area contributed by atoms with Gasteiger partial charge in [0.15, 0.2) is 11.5 Å². The van der Waals surface area contributed by atoms with E-state index in [9.17, 15) is 13.2 Å². The summed E-state index contributed by atoms with van der Waals surface area (Å²) in [7, 11) is 0.470. The number of hydrogen-bond acceptors (Lipinski definition) is 6. The van der Waals surface area contributed by atoms with Gasteiger partial charge in [0, 0.05) is 26.2 Å². The van der Waals surface area contributed by atoms with E-state index in [1.54, 1.807) is 4.90 Å². The predicted octanol–water partition coefficient (Wildman–Crippen LogP) is 0.512. The van der Waals surface area contributed by atoms with E-state index in [0.29, 0.717) is 44.1 Å². The van der Waals surface area contributed by atoms with Gasteiger partial charge < -0.3 is 14.4 Å². The lowest BCUT2D eigenvalue weighted by atomic mass is 10.0. The Labute approximate surface area is 154 Å². The van der Waals surface area contributed by atoms with Crippen LogP contribution >= 0.6 is 0 Å². The van der Waals surface area contributed by atoms with Gasteiger partial charge in [-0.15, -0.1) is 0 Å². The molecule has 0 aromatic heterocycles. The number of fused-ring (bicyclic) bond motifs is 1. The molecule has 2 aliphatic rings. The minimum atomic E-state index is -3.24. The van der Waals surface area contributed by atoms with Gasteiger partial charge in [-0.3, -0.25) is 9.69 Å². The van der Waals surface area contributed by atoms with Crippen LogP contribution in [0.5, 0.6) is 11.5 Å². The van der Waals surface area contributed by atoms with Crippen molar-refractivity contribution >= 4 is 15.9 Å². The number of carbonyl (C=O) groups excluding carboxylic acids is 1. The summed E-state index contributed by atoms with van der Waals surface area (Å²) < 4.78 is 35.8. The second kappa shape index (κ2) is 7.42. The highest BCUT2D eigenvalue weighted by Crippen LogP contribution is 2.35. The lowest BCUT2D eigenvalue weighted by Crippen LogP contribution is -2.42. The Morgan fingerprint density at radius 1 is 1.12 bits per heavy atom. The van der Waals surface area contributed by atoms with E-state index >= 15 is 0 Å². The van der Waals surface area contributed by atoms with Gasteiger partial charge in [0.25, 0.3) is 0 Å². The van der Waals surface area contributed by atoms with Crippen LogP contribution in [0.25, 0.3) is 0 Å².